The number of nitrogens with zero attached hydrogens (tertiary/aromatic N) is 1. The molecular formula is C23H30FN3O3. The molecule has 0 aliphatic rings. The summed E-state index contributed by atoms with van der Waals surface area (Å²) in [5, 5.41) is 5.67. The molecule has 3 amide bonds. The third kappa shape index (κ3) is 7.73. The van der Waals surface area contributed by atoms with Crippen molar-refractivity contribution in [2.75, 3.05) is 30.4 Å². The molecule has 0 radical (unpaired) electrons. The van der Waals surface area contributed by atoms with Crippen LogP contribution >= 0.6 is 0 Å². The quantitative estimate of drug-likeness (QED) is 0.510. The molecule has 2 aromatic carbocycles. The average molecular weight is 416 g/mol. The first-order valence-electron chi connectivity index (χ1n) is 10.3. The molecule has 0 aliphatic carbocycles. The van der Waals surface area contributed by atoms with Gasteiger partial charge in [-0.25, -0.2) is 9.18 Å². The van der Waals surface area contributed by atoms with Gasteiger partial charge in [0.1, 0.15) is 11.6 Å². The summed E-state index contributed by atoms with van der Waals surface area (Å²) >= 11 is 0. The van der Waals surface area contributed by atoms with E-state index in [1.54, 1.807) is 31.4 Å². The van der Waals surface area contributed by atoms with Crippen LogP contribution in [-0.4, -0.2) is 32.1 Å². The van der Waals surface area contributed by atoms with E-state index in [1.807, 2.05) is 0 Å². The fraction of sp³-hybridized carbons (Fsp3) is 0.391. The molecule has 2 rings (SSSR count). The van der Waals surface area contributed by atoms with Crippen LogP contribution in [0.15, 0.2) is 48.5 Å². The van der Waals surface area contributed by atoms with Crippen LogP contribution < -0.4 is 20.3 Å². The summed E-state index contributed by atoms with van der Waals surface area (Å²) in [5.74, 6) is 0.278. The topological polar surface area (TPSA) is 70.7 Å². The number of methoxy groups -OCH3 is 1. The van der Waals surface area contributed by atoms with Gasteiger partial charge in [-0.05, 0) is 55.0 Å². The van der Waals surface area contributed by atoms with Crippen molar-refractivity contribution in [1.82, 2.24) is 5.32 Å². The summed E-state index contributed by atoms with van der Waals surface area (Å²) in [7, 11) is 1.57. The molecule has 0 spiro atoms. The number of halogens is 1. The Morgan fingerprint density at radius 3 is 2.33 bits per heavy atom. The van der Waals surface area contributed by atoms with Crippen LogP contribution in [0.25, 0.3) is 0 Å². The van der Waals surface area contributed by atoms with Gasteiger partial charge in [0.25, 0.3) is 0 Å². The van der Waals surface area contributed by atoms with Gasteiger partial charge < -0.3 is 15.4 Å². The lowest BCUT2D eigenvalue weighted by molar-refractivity contribution is -0.121. The predicted octanol–water partition coefficient (Wildman–Crippen LogP) is 4.96. The van der Waals surface area contributed by atoms with E-state index in [9.17, 15) is 14.0 Å². The van der Waals surface area contributed by atoms with E-state index in [0.29, 0.717) is 30.1 Å². The lowest BCUT2D eigenvalue weighted by atomic mass is 10.1. The predicted molar refractivity (Wildman–Crippen MR) is 118 cm³/mol. The van der Waals surface area contributed by atoms with E-state index in [4.69, 9.17) is 4.74 Å². The fourth-order valence-corrected chi connectivity index (χ4v) is 2.94. The fourth-order valence-electron chi connectivity index (χ4n) is 2.94. The molecule has 0 atom stereocenters. The lowest BCUT2D eigenvalue weighted by Gasteiger charge is -2.23. The first kappa shape index (κ1) is 23.2. The van der Waals surface area contributed by atoms with Crippen LogP contribution in [-0.2, 0) is 4.79 Å². The monoisotopic (exact) mass is 415 g/mol. The molecule has 0 bridgehead atoms. The Hall–Kier alpha value is -3.09. The zero-order valence-corrected chi connectivity index (χ0v) is 17.6. The Kier molecular flexibility index (Phi) is 9.64. The molecule has 7 heteroatoms. The summed E-state index contributed by atoms with van der Waals surface area (Å²) in [6.07, 6.45) is 4.62. The van der Waals surface area contributed by atoms with Crippen LogP contribution in [0.4, 0.5) is 20.6 Å². The minimum atomic E-state index is -0.380. The number of anilines is 2. The molecule has 6 nitrogen and oxygen atoms in total. The van der Waals surface area contributed by atoms with Gasteiger partial charge in [-0.1, -0.05) is 26.2 Å². The minimum absolute atomic E-state index is 0.0271. The van der Waals surface area contributed by atoms with Gasteiger partial charge in [-0.15, -0.1) is 0 Å². The maximum absolute atomic E-state index is 13.3. The van der Waals surface area contributed by atoms with E-state index < -0.39 is 0 Å². The third-order valence-corrected chi connectivity index (χ3v) is 4.64. The second-order valence-corrected chi connectivity index (χ2v) is 6.95. The standard InChI is InChI=1S/C23H30FN3O3/c1-3-4-5-6-7-22(28)25-16-17-27(20-12-8-18(24)9-13-20)23(29)26-19-10-14-21(30-2)15-11-19/h8-15H,3-7,16-17H2,1-2H3,(H,25,28)(H,26,29). The Balaban J connectivity index is 1.97. The van der Waals surface area contributed by atoms with Crippen molar-refractivity contribution in [2.24, 2.45) is 0 Å². The summed E-state index contributed by atoms with van der Waals surface area (Å²) in [4.78, 5) is 26.3. The summed E-state index contributed by atoms with van der Waals surface area (Å²) in [6.45, 7) is 2.69. The van der Waals surface area contributed by atoms with Gasteiger partial charge in [0.05, 0.1) is 7.11 Å². The van der Waals surface area contributed by atoms with Crippen LogP contribution in [0.5, 0.6) is 5.75 Å². The number of ether oxygens (including phenoxy) is 1. The second kappa shape index (κ2) is 12.5. The van der Waals surface area contributed by atoms with Crippen LogP contribution in [0.3, 0.4) is 0 Å². The van der Waals surface area contributed by atoms with Crippen molar-refractivity contribution in [2.45, 2.75) is 39.0 Å². The maximum Gasteiger partial charge on any atom is 0.326 e. The molecule has 0 fully saturated rings. The molecule has 2 N–H and O–H groups in total. The number of hydrogen-bond acceptors (Lipinski definition) is 3. The number of hydrogen-bond donors (Lipinski definition) is 2. The molecule has 162 valence electrons. The molecule has 0 aromatic heterocycles. The number of rotatable bonds is 11. The van der Waals surface area contributed by atoms with Crippen LogP contribution in [0.2, 0.25) is 0 Å². The Morgan fingerprint density at radius 2 is 1.70 bits per heavy atom. The normalized spacial score (nSPS) is 10.4. The van der Waals surface area contributed by atoms with Crippen molar-refractivity contribution < 1.29 is 18.7 Å². The molecule has 0 unspecified atom stereocenters. The zero-order chi connectivity index (χ0) is 21.8. The van der Waals surface area contributed by atoms with Gasteiger partial charge in [-0.2, -0.15) is 0 Å². The van der Waals surface area contributed by atoms with Gasteiger partial charge in [0, 0.05) is 30.9 Å². The summed E-state index contributed by atoms with van der Waals surface area (Å²) in [5.41, 5.74) is 1.15. The van der Waals surface area contributed by atoms with Gasteiger partial charge in [-0.3, -0.25) is 9.69 Å². The van der Waals surface area contributed by atoms with Gasteiger partial charge in [0.15, 0.2) is 0 Å². The Bertz CT molecular complexity index is 794. The summed E-state index contributed by atoms with van der Waals surface area (Å²) < 4.78 is 18.4. The number of urea groups is 1. The average Bonchev–Trinajstić information content (AvgIpc) is 2.75. The number of nitrogens with one attached hydrogen (secondary N) is 2. The maximum atomic E-state index is 13.3. The molecule has 0 saturated heterocycles. The van der Waals surface area contributed by atoms with Crippen LogP contribution in [0, 0.1) is 5.82 Å². The van der Waals surface area contributed by atoms with Crippen molar-refractivity contribution in [3.8, 4) is 5.75 Å². The largest absolute Gasteiger partial charge is 0.497 e. The highest BCUT2D eigenvalue weighted by Gasteiger charge is 2.16. The van der Waals surface area contributed by atoms with Crippen molar-refractivity contribution in [3.05, 3.63) is 54.3 Å². The second-order valence-electron chi connectivity index (χ2n) is 6.95. The highest BCUT2D eigenvalue weighted by molar-refractivity contribution is 6.01. The van der Waals surface area contributed by atoms with E-state index in [2.05, 4.69) is 17.6 Å². The van der Waals surface area contributed by atoms with Crippen LogP contribution in [0.1, 0.15) is 39.0 Å². The summed E-state index contributed by atoms with van der Waals surface area (Å²) in [6, 6.07) is 12.3. The Labute approximate surface area is 177 Å². The van der Waals surface area contributed by atoms with E-state index in [1.165, 1.54) is 29.2 Å². The van der Waals surface area contributed by atoms with Crippen molar-refractivity contribution >= 4 is 23.3 Å². The zero-order valence-electron chi connectivity index (χ0n) is 17.6. The van der Waals surface area contributed by atoms with Crippen molar-refractivity contribution in [1.29, 1.82) is 0 Å². The van der Waals surface area contributed by atoms with E-state index >= 15 is 0 Å². The smallest absolute Gasteiger partial charge is 0.326 e. The van der Waals surface area contributed by atoms with Crippen molar-refractivity contribution in [3.63, 3.8) is 0 Å². The number of amides is 3. The minimum Gasteiger partial charge on any atom is -0.497 e. The number of carbonyl (C=O) groups is 2. The highest BCUT2D eigenvalue weighted by atomic mass is 19.1. The number of unbranched alkanes of at least 4 members (excludes halogenated alkanes) is 3. The highest BCUT2D eigenvalue weighted by Crippen LogP contribution is 2.19. The van der Waals surface area contributed by atoms with Gasteiger partial charge >= 0.3 is 6.03 Å². The SMILES string of the molecule is CCCCCCC(=O)NCCN(C(=O)Nc1ccc(OC)cc1)c1ccc(F)cc1. The van der Waals surface area contributed by atoms with E-state index in [0.717, 1.165) is 25.7 Å². The first-order valence-corrected chi connectivity index (χ1v) is 10.3. The Morgan fingerprint density at radius 1 is 1.00 bits per heavy atom. The molecule has 30 heavy (non-hydrogen) atoms. The van der Waals surface area contributed by atoms with E-state index in [-0.39, 0.29) is 24.3 Å². The van der Waals surface area contributed by atoms with Gasteiger partial charge in [0.2, 0.25) is 5.91 Å². The number of carbonyl (C=O) groups excluding carboxylic acids is 2. The lowest BCUT2D eigenvalue weighted by Crippen LogP contribution is -2.41. The number of benzene rings is 2. The third-order valence-electron chi connectivity index (χ3n) is 4.64. The molecule has 0 aliphatic heterocycles. The molecule has 2 aromatic rings. The molecular weight excluding hydrogens is 385 g/mol. The molecule has 0 heterocycles. The molecule has 0 saturated carbocycles. The first-order chi connectivity index (χ1) is 14.5.